The first kappa shape index (κ1) is 27.8. The van der Waals surface area contributed by atoms with Crippen LogP contribution in [0.2, 0.25) is 0 Å². The summed E-state index contributed by atoms with van der Waals surface area (Å²) in [5.74, 6) is 0.343. The Balaban J connectivity index is 4.68. The first-order chi connectivity index (χ1) is 14.1. The molecule has 168 valence electrons. The first-order valence-corrected chi connectivity index (χ1v) is 10.8. The van der Waals surface area contributed by atoms with Gasteiger partial charge in [-0.1, -0.05) is 87.4 Å². The van der Waals surface area contributed by atoms with E-state index in [-0.39, 0.29) is 24.5 Å². The van der Waals surface area contributed by atoms with E-state index < -0.39 is 6.10 Å². The summed E-state index contributed by atoms with van der Waals surface area (Å²) in [6.45, 7) is 13.8. The monoisotopic (exact) mass is 415 g/mol. The van der Waals surface area contributed by atoms with E-state index in [1.807, 2.05) is 51.2 Å². The van der Waals surface area contributed by atoms with Crippen LogP contribution < -0.4 is 5.32 Å². The van der Waals surface area contributed by atoms with Gasteiger partial charge in [0.05, 0.1) is 12.7 Å². The standard InChI is InChI=1S/C26H41NO3/c1-8-19(2)16-22(5)25(29)23(6)17-20(3)14-12-10-9-11-13-15-21(4)26(30)27-24(7)18-28/h9-17,19,23-25,28-29H,8,18H2,1-7H3,(H,27,30)/b10-9-,13-11+,14-12+,20-17+,21-15+,22-16+/t19-,23+,24-,25-/m0/s1. The maximum Gasteiger partial charge on any atom is 0.247 e. The summed E-state index contributed by atoms with van der Waals surface area (Å²) in [5.41, 5.74) is 2.70. The molecule has 0 unspecified atom stereocenters. The number of hydrogen-bond donors (Lipinski definition) is 3. The molecule has 3 N–H and O–H groups in total. The molecule has 0 aliphatic carbocycles. The molecule has 0 aromatic carbocycles. The predicted molar refractivity (Wildman–Crippen MR) is 128 cm³/mol. The molecule has 0 fully saturated rings. The molecule has 0 spiro atoms. The maximum absolute atomic E-state index is 11.8. The summed E-state index contributed by atoms with van der Waals surface area (Å²) in [5, 5.41) is 22.1. The van der Waals surface area contributed by atoms with Gasteiger partial charge in [0.15, 0.2) is 0 Å². The van der Waals surface area contributed by atoms with Crippen LogP contribution in [-0.4, -0.2) is 34.9 Å². The van der Waals surface area contributed by atoms with Gasteiger partial charge in [0, 0.05) is 17.5 Å². The van der Waals surface area contributed by atoms with Crippen molar-refractivity contribution in [3.63, 3.8) is 0 Å². The molecule has 0 aromatic rings. The minimum absolute atomic E-state index is 0.0478. The Bertz CT molecular complexity index is 695. The molecule has 4 atom stereocenters. The number of carbonyl (C=O) groups is 1. The van der Waals surface area contributed by atoms with Crippen LogP contribution in [0.3, 0.4) is 0 Å². The molecule has 0 aliphatic heterocycles. The highest BCUT2D eigenvalue weighted by molar-refractivity contribution is 5.93. The zero-order valence-electron chi connectivity index (χ0n) is 19.7. The highest BCUT2D eigenvalue weighted by Crippen LogP contribution is 2.18. The van der Waals surface area contributed by atoms with E-state index in [2.05, 4.69) is 31.3 Å². The molecule has 0 aromatic heterocycles. The zero-order valence-corrected chi connectivity index (χ0v) is 19.7. The summed E-state index contributed by atoms with van der Waals surface area (Å²) < 4.78 is 0. The fourth-order valence-corrected chi connectivity index (χ4v) is 2.70. The molecule has 0 bridgehead atoms. The summed E-state index contributed by atoms with van der Waals surface area (Å²) in [6, 6.07) is -0.255. The number of amides is 1. The molecule has 0 radical (unpaired) electrons. The van der Waals surface area contributed by atoms with Crippen molar-refractivity contribution in [3.8, 4) is 0 Å². The van der Waals surface area contributed by atoms with E-state index in [1.165, 1.54) is 0 Å². The van der Waals surface area contributed by atoms with Gasteiger partial charge in [-0.05, 0) is 39.2 Å². The lowest BCUT2D eigenvalue weighted by molar-refractivity contribution is -0.118. The number of allylic oxidation sites excluding steroid dienone is 9. The maximum atomic E-state index is 11.8. The van der Waals surface area contributed by atoms with E-state index >= 15 is 0 Å². The van der Waals surface area contributed by atoms with E-state index in [4.69, 9.17) is 5.11 Å². The van der Waals surface area contributed by atoms with Crippen LogP contribution >= 0.6 is 0 Å². The molecule has 0 saturated heterocycles. The lowest BCUT2D eigenvalue weighted by atomic mass is 9.93. The number of rotatable bonds is 12. The minimum atomic E-state index is -0.464. The normalized spacial score (nSPS) is 18.2. The quantitative estimate of drug-likeness (QED) is 0.238. The molecule has 0 heterocycles. The van der Waals surface area contributed by atoms with Crippen molar-refractivity contribution in [2.75, 3.05) is 6.61 Å². The first-order valence-electron chi connectivity index (χ1n) is 10.8. The third-order valence-corrected chi connectivity index (χ3v) is 4.84. The Hall–Kier alpha value is -2.17. The van der Waals surface area contributed by atoms with Gasteiger partial charge >= 0.3 is 0 Å². The van der Waals surface area contributed by atoms with Gasteiger partial charge in [-0.15, -0.1) is 0 Å². The number of aliphatic hydroxyl groups is 2. The highest BCUT2D eigenvalue weighted by Gasteiger charge is 2.14. The van der Waals surface area contributed by atoms with Gasteiger partial charge in [-0.3, -0.25) is 4.79 Å². The second-order valence-corrected chi connectivity index (χ2v) is 8.05. The van der Waals surface area contributed by atoms with Crippen LogP contribution in [-0.2, 0) is 4.79 Å². The van der Waals surface area contributed by atoms with Gasteiger partial charge in [0.25, 0.3) is 0 Å². The van der Waals surface area contributed by atoms with Gasteiger partial charge in [-0.2, -0.15) is 0 Å². The van der Waals surface area contributed by atoms with Gasteiger partial charge in [-0.25, -0.2) is 0 Å². The van der Waals surface area contributed by atoms with Crippen molar-refractivity contribution in [1.82, 2.24) is 5.32 Å². The van der Waals surface area contributed by atoms with Crippen LogP contribution in [0.1, 0.15) is 54.9 Å². The van der Waals surface area contributed by atoms with Crippen molar-refractivity contribution >= 4 is 5.91 Å². The van der Waals surface area contributed by atoms with Crippen LogP contribution in [0.4, 0.5) is 0 Å². The number of carbonyl (C=O) groups excluding carboxylic acids is 1. The van der Waals surface area contributed by atoms with E-state index in [0.717, 1.165) is 17.6 Å². The fourth-order valence-electron chi connectivity index (χ4n) is 2.70. The third-order valence-electron chi connectivity index (χ3n) is 4.84. The Morgan fingerprint density at radius 2 is 1.57 bits per heavy atom. The number of hydrogen-bond acceptors (Lipinski definition) is 3. The van der Waals surface area contributed by atoms with Crippen LogP contribution in [0.5, 0.6) is 0 Å². The summed E-state index contributed by atoms with van der Waals surface area (Å²) in [4.78, 5) is 11.8. The Morgan fingerprint density at radius 1 is 0.967 bits per heavy atom. The van der Waals surface area contributed by atoms with Crippen molar-refractivity contribution in [2.24, 2.45) is 11.8 Å². The van der Waals surface area contributed by atoms with E-state index in [9.17, 15) is 9.90 Å². The fraction of sp³-hybridized carbons (Fsp3) is 0.500. The van der Waals surface area contributed by atoms with Gasteiger partial charge < -0.3 is 15.5 Å². The third kappa shape index (κ3) is 12.4. The average Bonchev–Trinajstić information content (AvgIpc) is 2.71. The van der Waals surface area contributed by atoms with Crippen LogP contribution in [0.15, 0.2) is 71.4 Å². The highest BCUT2D eigenvalue weighted by atomic mass is 16.3. The molecular weight excluding hydrogens is 374 g/mol. The lowest BCUT2D eigenvalue weighted by Gasteiger charge is -2.18. The summed E-state index contributed by atoms with van der Waals surface area (Å²) in [6.07, 6.45) is 18.0. The number of aliphatic hydroxyl groups excluding tert-OH is 2. The molecule has 1 amide bonds. The van der Waals surface area contributed by atoms with Gasteiger partial charge in [0.2, 0.25) is 5.91 Å². The van der Waals surface area contributed by atoms with Crippen molar-refractivity contribution < 1.29 is 15.0 Å². The molecule has 4 nitrogen and oxygen atoms in total. The molecule has 0 rings (SSSR count). The van der Waals surface area contributed by atoms with Crippen molar-refractivity contribution in [1.29, 1.82) is 0 Å². The van der Waals surface area contributed by atoms with Crippen LogP contribution in [0.25, 0.3) is 0 Å². The summed E-state index contributed by atoms with van der Waals surface area (Å²) in [7, 11) is 0. The summed E-state index contributed by atoms with van der Waals surface area (Å²) >= 11 is 0. The van der Waals surface area contributed by atoms with E-state index in [1.54, 1.807) is 26.0 Å². The average molecular weight is 416 g/mol. The largest absolute Gasteiger partial charge is 0.394 e. The molecule has 30 heavy (non-hydrogen) atoms. The van der Waals surface area contributed by atoms with Crippen molar-refractivity contribution in [2.45, 2.75) is 67.0 Å². The lowest BCUT2D eigenvalue weighted by Crippen LogP contribution is -2.35. The second kappa shape index (κ2) is 15.6. The zero-order chi connectivity index (χ0) is 23.1. The molecule has 4 heteroatoms. The molecule has 0 aliphatic rings. The molecule has 0 saturated carbocycles. The smallest absolute Gasteiger partial charge is 0.247 e. The Kier molecular flexibility index (Phi) is 14.5. The topological polar surface area (TPSA) is 69.6 Å². The Labute approximate surface area is 183 Å². The van der Waals surface area contributed by atoms with Gasteiger partial charge in [0.1, 0.15) is 0 Å². The predicted octanol–water partition coefficient (Wildman–Crippen LogP) is 5.03. The SMILES string of the molecule is CC[C@H](C)/C=C(\C)[C@H](O)[C@H](C)/C=C(C)/C=C/C=C\C=C\C=C(/C)C(=O)N[C@@H](C)CO. The second-order valence-electron chi connectivity index (χ2n) is 8.05. The number of nitrogens with one attached hydrogen (secondary N) is 1. The van der Waals surface area contributed by atoms with Crippen LogP contribution in [0, 0.1) is 11.8 Å². The molecular formula is C26H41NO3. The minimum Gasteiger partial charge on any atom is -0.394 e. The Morgan fingerprint density at radius 3 is 2.17 bits per heavy atom. The van der Waals surface area contributed by atoms with E-state index in [0.29, 0.717) is 11.5 Å². The van der Waals surface area contributed by atoms with Crippen molar-refractivity contribution in [3.05, 3.63) is 71.4 Å².